The van der Waals surface area contributed by atoms with E-state index in [4.69, 9.17) is 17.3 Å². The number of hydrogen-bond acceptors (Lipinski definition) is 3. The summed E-state index contributed by atoms with van der Waals surface area (Å²) >= 11 is 6.23. The van der Waals surface area contributed by atoms with E-state index < -0.39 is 0 Å². The van der Waals surface area contributed by atoms with E-state index in [0.717, 1.165) is 43.8 Å². The maximum atomic E-state index is 6.23. The zero-order valence-corrected chi connectivity index (χ0v) is 11.9. The number of imidazole rings is 1. The first-order chi connectivity index (χ1) is 9.20. The minimum Gasteiger partial charge on any atom is -0.385 e. The number of halogens is 1. The van der Waals surface area contributed by atoms with Crippen molar-refractivity contribution in [2.45, 2.75) is 25.7 Å². The van der Waals surface area contributed by atoms with Gasteiger partial charge in [-0.1, -0.05) is 24.6 Å². The third kappa shape index (κ3) is 2.19. The van der Waals surface area contributed by atoms with Crippen LogP contribution in [0.1, 0.15) is 31.5 Å². The number of fused-ring (bicyclic) bond motifs is 1. The second-order valence-electron chi connectivity index (χ2n) is 5.14. The van der Waals surface area contributed by atoms with Gasteiger partial charge >= 0.3 is 0 Å². The van der Waals surface area contributed by atoms with Gasteiger partial charge in [-0.05, 0) is 44.6 Å². The highest BCUT2D eigenvalue weighted by Gasteiger charge is 2.24. The van der Waals surface area contributed by atoms with Crippen molar-refractivity contribution in [2.24, 2.45) is 0 Å². The van der Waals surface area contributed by atoms with E-state index in [9.17, 15) is 0 Å². The molecule has 1 aliphatic heterocycles. The van der Waals surface area contributed by atoms with E-state index in [-0.39, 0.29) is 0 Å². The number of piperidine rings is 1. The van der Waals surface area contributed by atoms with Crippen LogP contribution < -0.4 is 5.73 Å². The summed E-state index contributed by atoms with van der Waals surface area (Å²) in [5, 5.41) is 0.556. The normalized spacial score (nSPS) is 18.2. The number of rotatable bonds is 2. The van der Waals surface area contributed by atoms with Gasteiger partial charge in [-0.15, -0.1) is 0 Å². The molecule has 2 N–H and O–H groups in total. The molecule has 1 aliphatic rings. The van der Waals surface area contributed by atoms with Crippen molar-refractivity contribution >= 4 is 22.9 Å². The summed E-state index contributed by atoms with van der Waals surface area (Å²) in [5.74, 6) is 2.19. The lowest BCUT2D eigenvalue weighted by Crippen LogP contribution is -2.33. The van der Waals surface area contributed by atoms with Crippen molar-refractivity contribution in [2.75, 3.05) is 25.4 Å². The molecule has 102 valence electrons. The van der Waals surface area contributed by atoms with Gasteiger partial charge in [0.25, 0.3) is 0 Å². The summed E-state index contributed by atoms with van der Waals surface area (Å²) in [4.78, 5) is 7.02. The molecule has 0 saturated carbocycles. The molecule has 0 unspecified atom stereocenters. The van der Waals surface area contributed by atoms with Gasteiger partial charge in [-0.25, -0.2) is 4.98 Å². The number of anilines is 1. The van der Waals surface area contributed by atoms with Crippen LogP contribution in [0.25, 0.3) is 5.52 Å². The topological polar surface area (TPSA) is 46.6 Å². The molecular formula is C14H19ClN4. The number of hydrogen-bond donors (Lipinski definition) is 1. The average Bonchev–Trinajstić information content (AvgIpc) is 2.78. The molecule has 3 heterocycles. The highest BCUT2D eigenvalue weighted by Crippen LogP contribution is 2.31. The molecule has 1 fully saturated rings. The van der Waals surface area contributed by atoms with Gasteiger partial charge in [-0.3, -0.25) is 4.40 Å². The molecule has 0 amide bonds. The Bertz CT molecular complexity index is 584. The van der Waals surface area contributed by atoms with Crippen molar-refractivity contribution in [1.29, 1.82) is 0 Å². The minimum absolute atomic E-state index is 0.451. The van der Waals surface area contributed by atoms with Crippen molar-refractivity contribution in [3.8, 4) is 0 Å². The number of nitrogens with zero attached hydrogens (tertiary/aromatic N) is 3. The second kappa shape index (κ2) is 5.02. The lowest BCUT2D eigenvalue weighted by molar-refractivity contribution is 0.219. The zero-order valence-electron chi connectivity index (χ0n) is 11.1. The summed E-state index contributed by atoms with van der Waals surface area (Å²) in [6, 6.07) is 5.79. The lowest BCUT2D eigenvalue weighted by atomic mass is 9.96. The van der Waals surface area contributed by atoms with Crippen molar-refractivity contribution < 1.29 is 0 Å². The van der Waals surface area contributed by atoms with Gasteiger partial charge in [0, 0.05) is 5.92 Å². The van der Waals surface area contributed by atoms with Crippen LogP contribution in [0.4, 0.5) is 5.82 Å². The SMILES string of the molecule is CCN1CCC(c2nc(Cl)c3cccc(N)n23)CC1. The van der Waals surface area contributed by atoms with Gasteiger partial charge < -0.3 is 10.6 Å². The first kappa shape index (κ1) is 12.8. The average molecular weight is 279 g/mol. The smallest absolute Gasteiger partial charge is 0.155 e. The molecule has 5 heteroatoms. The fourth-order valence-corrected chi connectivity index (χ4v) is 3.17. The molecule has 0 radical (unpaired) electrons. The molecule has 4 nitrogen and oxygen atoms in total. The standard InChI is InChI=1S/C14H19ClN4/c1-2-18-8-6-10(7-9-18)14-17-13(15)11-4-3-5-12(16)19(11)14/h3-5,10H,2,6-9,16H2,1H3. The first-order valence-electron chi connectivity index (χ1n) is 6.85. The fourth-order valence-electron chi connectivity index (χ4n) is 2.93. The maximum absolute atomic E-state index is 6.23. The van der Waals surface area contributed by atoms with Gasteiger partial charge in [0.2, 0.25) is 0 Å². The molecule has 19 heavy (non-hydrogen) atoms. The molecule has 3 rings (SSSR count). The Hall–Kier alpha value is -1.26. The second-order valence-corrected chi connectivity index (χ2v) is 5.50. The summed E-state index contributed by atoms with van der Waals surface area (Å²) in [6.07, 6.45) is 2.25. The molecule has 2 aromatic rings. The van der Waals surface area contributed by atoms with Crippen molar-refractivity contribution in [3.63, 3.8) is 0 Å². The number of nitrogens with two attached hydrogens (primary N) is 1. The Kier molecular flexibility index (Phi) is 3.37. The van der Waals surface area contributed by atoms with E-state index >= 15 is 0 Å². The highest BCUT2D eigenvalue weighted by molar-refractivity contribution is 6.32. The summed E-state index contributed by atoms with van der Waals surface area (Å²) in [7, 11) is 0. The lowest BCUT2D eigenvalue weighted by Gasteiger charge is -2.30. The Morgan fingerprint density at radius 2 is 2.11 bits per heavy atom. The quantitative estimate of drug-likeness (QED) is 0.919. The van der Waals surface area contributed by atoms with E-state index in [2.05, 4.69) is 16.8 Å². The Morgan fingerprint density at radius 3 is 2.79 bits per heavy atom. The van der Waals surface area contributed by atoms with E-state index in [0.29, 0.717) is 16.9 Å². The van der Waals surface area contributed by atoms with Crippen LogP contribution in [0.2, 0.25) is 5.15 Å². The number of pyridine rings is 1. The maximum Gasteiger partial charge on any atom is 0.155 e. The molecule has 0 aromatic carbocycles. The zero-order chi connectivity index (χ0) is 13.4. The predicted molar refractivity (Wildman–Crippen MR) is 78.7 cm³/mol. The molecule has 0 atom stereocenters. The summed E-state index contributed by atoms with van der Waals surface area (Å²) in [6.45, 7) is 5.58. The van der Waals surface area contributed by atoms with Gasteiger partial charge in [0.15, 0.2) is 5.15 Å². The number of likely N-dealkylation sites (tertiary alicyclic amines) is 1. The minimum atomic E-state index is 0.451. The molecule has 0 spiro atoms. The fraction of sp³-hybridized carbons (Fsp3) is 0.500. The predicted octanol–water partition coefficient (Wildman–Crippen LogP) is 2.77. The molecule has 2 aromatic heterocycles. The number of aromatic nitrogens is 2. The molecule has 1 saturated heterocycles. The van der Waals surface area contributed by atoms with Crippen LogP contribution in [0, 0.1) is 0 Å². The summed E-state index contributed by atoms with van der Waals surface area (Å²) < 4.78 is 2.01. The highest BCUT2D eigenvalue weighted by atomic mass is 35.5. The molecule has 0 bridgehead atoms. The molecular weight excluding hydrogens is 260 g/mol. The number of nitrogen functional groups attached to an aromatic ring is 1. The van der Waals surface area contributed by atoms with Crippen molar-refractivity contribution in [1.82, 2.24) is 14.3 Å². The van der Waals surface area contributed by atoms with Crippen LogP contribution in [0.3, 0.4) is 0 Å². The van der Waals surface area contributed by atoms with Gasteiger partial charge in [0.1, 0.15) is 11.6 Å². The van der Waals surface area contributed by atoms with Gasteiger partial charge in [-0.2, -0.15) is 0 Å². The first-order valence-corrected chi connectivity index (χ1v) is 7.23. The largest absolute Gasteiger partial charge is 0.385 e. The summed E-state index contributed by atoms with van der Waals surface area (Å²) in [5.41, 5.74) is 7.00. The third-order valence-electron chi connectivity index (χ3n) is 4.07. The third-order valence-corrected chi connectivity index (χ3v) is 4.35. The van der Waals surface area contributed by atoms with Crippen LogP contribution in [-0.4, -0.2) is 33.9 Å². The molecule has 0 aliphatic carbocycles. The Morgan fingerprint density at radius 1 is 1.37 bits per heavy atom. The van der Waals surface area contributed by atoms with Crippen LogP contribution in [0.15, 0.2) is 18.2 Å². The van der Waals surface area contributed by atoms with E-state index in [1.807, 2.05) is 22.6 Å². The van der Waals surface area contributed by atoms with Crippen LogP contribution in [-0.2, 0) is 0 Å². The van der Waals surface area contributed by atoms with Crippen molar-refractivity contribution in [3.05, 3.63) is 29.2 Å². The van der Waals surface area contributed by atoms with E-state index in [1.165, 1.54) is 0 Å². The van der Waals surface area contributed by atoms with Crippen LogP contribution in [0.5, 0.6) is 0 Å². The Balaban J connectivity index is 1.97. The monoisotopic (exact) mass is 278 g/mol. The van der Waals surface area contributed by atoms with Crippen LogP contribution >= 0.6 is 11.6 Å². The van der Waals surface area contributed by atoms with Gasteiger partial charge in [0.05, 0.1) is 5.52 Å². The Labute approximate surface area is 118 Å². The van der Waals surface area contributed by atoms with E-state index in [1.54, 1.807) is 0 Å².